The number of anilines is 2. The largest absolute Gasteiger partial charge is 0.497 e. The molecule has 0 saturated heterocycles. The first-order valence-electron chi connectivity index (χ1n) is 11.7. The second-order valence-corrected chi connectivity index (χ2v) is 8.74. The van der Waals surface area contributed by atoms with Crippen molar-refractivity contribution in [1.29, 1.82) is 0 Å². The molecule has 6 heteroatoms. The summed E-state index contributed by atoms with van der Waals surface area (Å²) in [5.41, 5.74) is 3.08. The third-order valence-corrected chi connectivity index (χ3v) is 6.46. The number of nitrogens with one attached hydrogen (secondary N) is 1. The van der Waals surface area contributed by atoms with Crippen LogP contribution in [0.5, 0.6) is 11.5 Å². The summed E-state index contributed by atoms with van der Waals surface area (Å²) in [4.78, 5) is 13.8. The van der Waals surface area contributed by atoms with Gasteiger partial charge in [0.15, 0.2) is 0 Å². The van der Waals surface area contributed by atoms with E-state index in [2.05, 4.69) is 59.6 Å². The molecule has 2 unspecified atom stereocenters. The summed E-state index contributed by atoms with van der Waals surface area (Å²) in [6.07, 6.45) is -0.137. The van der Waals surface area contributed by atoms with Crippen molar-refractivity contribution >= 4 is 28.1 Å². The molecule has 0 aromatic heterocycles. The molecule has 2 N–H and O–H groups in total. The predicted octanol–water partition coefficient (Wildman–Crippen LogP) is 5.80. The highest BCUT2D eigenvalue weighted by molar-refractivity contribution is 5.90. The van der Waals surface area contributed by atoms with Crippen molar-refractivity contribution in [3.63, 3.8) is 0 Å². The van der Waals surface area contributed by atoms with E-state index in [4.69, 9.17) is 9.47 Å². The number of ether oxygens (including phenoxy) is 2. The minimum Gasteiger partial charge on any atom is -0.497 e. The number of aromatic carboxylic acids is 1. The molecule has 0 bridgehead atoms. The number of hydrogen-bond acceptors (Lipinski definition) is 5. The first-order chi connectivity index (χ1) is 17.0. The highest BCUT2D eigenvalue weighted by Gasteiger charge is 2.28. The van der Waals surface area contributed by atoms with Gasteiger partial charge >= 0.3 is 5.97 Å². The van der Waals surface area contributed by atoms with Crippen LogP contribution in [-0.2, 0) is 0 Å². The molecule has 5 rings (SSSR count). The van der Waals surface area contributed by atoms with Gasteiger partial charge in [0.05, 0.1) is 24.9 Å². The number of para-hydroxylation sites is 2. The summed E-state index contributed by atoms with van der Waals surface area (Å²) in [7, 11) is 1.54. The maximum Gasteiger partial charge on any atom is 0.335 e. The molecule has 4 aromatic carbocycles. The van der Waals surface area contributed by atoms with Crippen molar-refractivity contribution in [2.45, 2.75) is 19.1 Å². The van der Waals surface area contributed by atoms with Crippen molar-refractivity contribution in [2.24, 2.45) is 0 Å². The van der Waals surface area contributed by atoms with Crippen LogP contribution in [0.15, 0.2) is 84.9 Å². The average molecular weight is 469 g/mol. The molecule has 1 aliphatic heterocycles. The van der Waals surface area contributed by atoms with E-state index in [0.717, 1.165) is 17.1 Å². The molecule has 0 saturated carbocycles. The Balaban J connectivity index is 1.40. The number of nitrogens with zero attached hydrogens (tertiary/aromatic N) is 1. The average Bonchev–Trinajstić information content (AvgIpc) is 2.90. The molecule has 0 fully saturated rings. The number of methoxy groups -OCH3 is 1. The van der Waals surface area contributed by atoms with Crippen LogP contribution in [0.25, 0.3) is 10.8 Å². The minimum atomic E-state index is -0.992. The number of benzene rings is 4. The highest BCUT2D eigenvalue weighted by atomic mass is 16.5. The second kappa shape index (κ2) is 9.68. The molecule has 1 heterocycles. The first-order valence-corrected chi connectivity index (χ1v) is 11.7. The van der Waals surface area contributed by atoms with Crippen LogP contribution in [0.2, 0.25) is 0 Å². The molecule has 0 aliphatic carbocycles. The normalized spacial score (nSPS) is 15.8. The van der Waals surface area contributed by atoms with Crippen molar-refractivity contribution in [1.82, 2.24) is 5.32 Å². The molecule has 0 radical (unpaired) electrons. The van der Waals surface area contributed by atoms with Gasteiger partial charge < -0.3 is 24.8 Å². The fraction of sp³-hybridized carbons (Fsp3) is 0.207. The smallest absolute Gasteiger partial charge is 0.335 e. The summed E-state index contributed by atoms with van der Waals surface area (Å²) in [6.45, 7) is 3.36. The number of carboxylic acid groups (broad SMARTS) is 1. The maximum absolute atomic E-state index is 11.7. The third-order valence-electron chi connectivity index (χ3n) is 6.46. The molecule has 1 aliphatic rings. The van der Waals surface area contributed by atoms with Gasteiger partial charge in [-0.15, -0.1) is 0 Å². The monoisotopic (exact) mass is 468 g/mol. The zero-order chi connectivity index (χ0) is 24.4. The Kier molecular flexibility index (Phi) is 6.29. The zero-order valence-corrected chi connectivity index (χ0v) is 19.8. The van der Waals surface area contributed by atoms with Crippen LogP contribution in [0, 0.1) is 0 Å². The van der Waals surface area contributed by atoms with Gasteiger partial charge in [0.25, 0.3) is 0 Å². The van der Waals surface area contributed by atoms with E-state index in [-0.39, 0.29) is 17.7 Å². The lowest BCUT2D eigenvalue weighted by atomic mass is 9.99. The lowest BCUT2D eigenvalue weighted by molar-refractivity contribution is 0.0696. The van der Waals surface area contributed by atoms with Gasteiger partial charge in [-0.3, -0.25) is 0 Å². The zero-order valence-electron chi connectivity index (χ0n) is 19.8. The molecule has 6 nitrogen and oxygen atoms in total. The fourth-order valence-corrected chi connectivity index (χ4v) is 4.68. The lowest BCUT2D eigenvalue weighted by Gasteiger charge is -2.37. The molecule has 4 aromatic rings. The minimum absolute atomic E-state index is 0.130. The van der Waals surface area contributed by atoms with Gasteiger partial charge in [-0.1, -0.05) is 54.6 Å². The van der Waals surface area contributed by atoms with Gasteiger partial charge in [0.2, 0.25) is 0 Å². The number of carboxylic acids is 1. The fourth-order valence-electron chi connectivity index (χ4n) is 4.68. The molecule has 178 valence electrons. The Labute approximate surface area is 204 Å². The Morgan fingerprint density at radius 3 is 2.69 bits per heavy atom. The molecule has 0 spiro atoms. The van der Waals surface area contributed by atoms with Crippen molar-refractivity contribution in [3.8, 4) is 11.5 Å². The molecular formula is C29H28N2O4. The van der Waals surface area contributed by atoms with E-state index in [1.165, 1.54) is 22.4 Å². The van der Waals surface area contributed by atoms with E-state index in [0.29, 0.717) is 18.8 Å². The first kappa shape index (κ1) is 22.7. The van der Waals surface area contributed by atoms with Crippen LogP contribution in [0.1, 0.15) is 28.9 Å². The number of hydrogen-bond donors (Lipinski definition) is 2. The predicted molar refractivity (Wildman–Crippen MR) is 138 cm³/mol. The van der Waals surface area contributed by atoms with Crippen LogP contribution >= 0.6 is 0 Å². The summed E-state index contributed by atoms with van der Waals surface area (Å²) in [5, 5.41) is 15.7. The third kappa shape index (κ3) is 4.66. The molecule has 35 heavy (non-hydrogen) atoms. The Hall–Kier alpha value is -4.03. The van der Waals surface area contributed by atoms with Gasteiger partial charge in [-0.05, 0) is 47.5 Å². The van der Waals surface area contributed by atoms with E-state index >= 15 is 0 Å². The van der Waals surface area contributed by atoms with E-state index in [9.17, 15) is 9.90 Å². The van der Waals surface area contributed by atoms with Crippen molar-refractivity contribution in [2.75, 3.05) is 25.1 Å². The van der Waals surface area contributed by atoms with Gasteiger partial charge in [-0.25, -0.2) is 4.79 Å². The van der Waals surface area contributed by atoms with Crippen LogP contribution in [0.4, 0.5) is 11.4 Å². The summed E-state index contributed by atoms with van der Waals surface area (Å²) < 4.78 is 11.7. The quantitative estimate of drug-likeness (QED) is 0.357. The van der Waals surface area contributed by atoms with Crippen LogP contribution in [-0.4, -0.2) is 37.4 Å². The number of fused-ring (bicyclic) bond motifs is 2. The Morgan fingerprint density at radius 2 is 1.86 bits per heavy atom. The summed E-state index contributed by atoms with van der Waals surface area (Å²) >= 11 is 0. The summed E-state index contributed by atoms with van der Waals surface area (Å²) in [6, 6.07) is 27.8. The SMILES string of the molecule is COc1cc(C(=O)O)cc(N2CC(CNC(C)c3cccc4ccccc34)Oc3ccccc32)c1. The van der Waals surface area contributed by atoms with E-state index in [1.54, 1.807) is 13.2 Å². The van der Waals surface area contributed by atoms with Crippen molar-refractivity contribution in [3.05, 3.63) is 96.1 Å². The Bertz CT molecular complexity index is 1360. The highest BCUT2D eigenvalue weighted by Crippen LogP contribution is 2.39. The second-order valence-electron chi connectivity index (χ2n) is 8.74. The molecular weight excluding hydrogens is 440 g/mol. The number of rotatable bonds is 7. The standard InChI is InChI=1S/C29H28N2O4/c1-19(25-11-7-9-20-8-3-4-10-26(20)25)30-17-24-18-31(27-12-5-6-13-28(27)35-24)22-14-21(29(32)33)15-23(16-22)34-2/h3-16,19,24,30H,17-18H2,1-2H3,(H,32,33). The lowest BCUT2D eigenvalue weighted by Crippen LogP contribution is -2.44. The van der Waals surface area contributed by atoms with Gasteiger partial charge in [0, 0.05) is 24.3 Å². The Morgan fingerprint density at radius 1 is 1.09 bits per heavy atom. The van der Waals surface area contributed by atoms with Crippen LogP contribution in [0.3, 0.4) is 0 Å². The van der Waals surface area contributed by atoms with E-state index < -0.39 is 5.97 Å². The molecule has 0 amide bonds. The topological polar surface area (TPSA) is 71.0 Å². The maximum atomic E-state index is 11.7. The number of carbonyl (C=O) groups is 1. The van der Waals surface area contributed by atoms with Crippen molar-refractivity contribution < 1.29 is 19.4 Å². The molecule has 2 atom stereocenters. The summed E-state index contributed by atoms with van der Waals surface area (Å²) in [5.74, 6) is 0.278. The van der Waals surface area contributed by atoms with E-state index in [1.807, 2.05) is 30.3 Å². The van der Waals surface area contributed by atoms with Gasteiger partial charge in [-0.2, -0.15) is 0 Å². The van der Waals surface area contributed by atoms with Crippen LogP contribution < -0.4 is 19.7 Å². The van der Waals surface area contributed by atoms with Gasteiger partial charge in [0.1, 0.15) is 17.6 Å².